The second kappa shape index (κ2) is 10.8. The number of carbonyl (C=O) groups is 1. The normalized spacial score (nSPS) is 11.8. The second-order valence-corrected chi connectivity index (χ2v) is 6.86. The highest BCUT2D eigenvalue weighted by atomic mass is 32.1. The molecule has 0 saturated heterocycles. The largest absolute Gasteiger partial charge is 0.497 e. The smallest absolute Gasteiger partial charge is 0.316 e. The van der Waals surface area contributed by atoms with Gasteiger partial charge in [-0.25, -0.2) is 0 Å². The molecule has 1 atom stereocenters. The SMILES string of the molecule is COc1cccc(COc2ccc(CCCCCC(S)C(=O)O)cc2)c1. The van der Waals surface area contributed by atoms with Crippen LogP contribution in [0.15, 0.2) is 48.5 Å². The Morgan fingerprint density at radius 1 is 1.04 bits per heavy atom. The van der Waals surface area contributed by atoms with Crippen molar-refractivity contribution in [1.82, 2.24) is 0 Å². The molecule has 0 amide bonds. The molecule has 0 aliphatic rings. The average Bonchev–Trinajstić information content (AvgIpc) is 2.67. The minimum Gasteiger partial charge on any atom is -0.497 e. The monoisotopic (exact) mass is 374 g/mol. The van der Waals surface area contributed by atoms with Crippen molar-refractivity contribution in [2.45, 2.75) is 44.0 Å². The fourth-order valence-electron chi connectivity index (χ4n) is 2.65. The Hall–Kier alpha value is -2.14. The molecule has 2 aromatic carbocycles. The molecule has 0 radical (unpaired) electrons. The van der Waals surface area contributed by atoms with Gasteiger partial charge >= 0.3 is 5.97 Å². The van der Waals surface area contributed by atoms with Gasteiger partial charge in [0.1, 0.15) is 18.1 Å². The lowest BCUT2D eigenvalue weighted by Gasteiger charge is -2.09. The van der Waals surface area contributed by atoms with Crippen LogP contribution in [-0.4, -0.2) is 23.4 Å². The number of carboxylic acid groups (broad SMARTS) is 1. The zero-order valence-electron chi connectivity index (χ0n) is 15.1. The van der Waals surface area contributed by atoms with Crippen LogP contribution < -0.4 is 9.47 Å². The maximum atomic E-state index is 10.7. The lowest BCUT2D eigenvalue weighted by molar-refractivity contribution is -0.136. The molecule has 4 nitrogen and oxygen atoms in total. The summed E-state index contributed by atoms with van der Waals surface area (Å²) in [6.07, 6.45) is 4.56. The van der Waals surface area contributed by atoms with Crippen molar-refractivity contribution in [2.24, 2.45) is 0 Å². The van der Waals surface area contributed by atoms with Gasteiger partial charge in [0.05, 0.1) is 12.4 Å². The number of hydrogen-bond acceptors (Lipinski definition) is 4. The van der Waals surface area contributed by atoms with E-state index in [0.717, 1.165) is 42.7 Å². The molecule has 0 aromatic heterocycles. The highest BCUT2D eigenvalue weighted by Gasteiger charge is 2.10. The van der Waals surface area contributed by atoms with Crippen molar-refractivity contribution >= 4 is 18.6 Å². The van der Waals surface area contributed by atoms with Gasteiger partial charge in [-0.2, -0.15) is 12.6 Å². The van der Waals surface area contributed by atoms with Crippen molar-refractivity contribution in [3.05, 3.63) is 59.7 Å². The summed E-state index contributed by atoms with van der Waals surface area (Å²) in [5.41, 5.74) is 2.33. The van der Waals surface area contributed by atoms with Gasteiger partial charge in [-0.3, -0.25) is 4.79 Å². The Morgan fingerprint density at radius 2 is 1.81 bits per heavy atom. The van der Waals surface area contributed by atoms with E-state index in [1.165, 1.54) is 5.56 Å². The summed E-state index contributed by atoms with van der Waals surface area (Å²) >= 11 is 4.05. The number of methoxy groups -OCH3 is 1. The molecule has 26 heavy (non-hydrogen) atoms. The molecular weight excluding hydrogens is 348 g/mol. The number of carboxylic acids is 1. The van der Waals surface area contributed by atoms with Gasteiger partial charge in [0.25, 0.3) is 0 Å². The second-order valence-electron chi connectivity index (χ2n) is 6.24. The first kappa shape index (κ1) is 20.2. The van der Waals surface area contributed by atoms with E-state index >= 15 is 0 Å². The van der Waals surface area contributed by atoms with Gasteiger partial charge in [-0.1, -0.05) is 37.1 Å². The van der Waals surface area contributed by atoms with Crippen LogP contribution >= 0.6 is 12.6 Å². The molecule has 0 fully saturated rings. The van der Waals surface area contributed by atoms with E-state index in [1.54, 1.807) is 7.11 Å². The van der Waals surface area contributed by atoms with Gasteiger partial charge in [-0.05, 0) is 54.7 Å². The van der Waals surface area contributed by atoms with Crippen LogP contribution in [0, 0.1) is 0 Å². The topological polar surface area (TPSA) is 55.8 Å². The van der Waals surface area contributed by atoms with Gasteiger partial charge in [0.15, 0.2) is 0 Å². The summed E-state index contributed by atoms with van der Waals surface area (Å²) in [5.74, 6) is 0.836. The van der Waals surface area contributed by atoms with E-state index in [4.69, 9.17) is 14.6 Å². The molecule has 2 aromatic rings. The maximum Gasteiger partial charge on any atom is 0.316 e. The van der Waals surface area contributed by atoms with Gasteiger partial charge in [0.2, 0.25) is 0 Å². The first-order chi connectivity index (χ1) is 12.6. The van der Waals surface area contributed by atoms with Crippen molar-refractivity contribution in [2.75, 3.05) is 7.11 Å². The van der Waals surface area contributed by atoms with Crippen LogP contribution in [0.5, 0.6) is 11.5 Å². The minimum absolute atomic E-state index is 0.505. The van der Waals surface area contributed by atoms with Crippen LogP contribution in [-0.2, 0) is 17.8 Å². The molecule has 0 bridgehead atoms. The number of hydrogen-bond donors (Lipinski definition) is 2. The fourth-order valence-corrected chi connectivity index (χ4v) is 2.83. The van der Waals surface area contributed by atoms with Crippen molar-refractivity contribution in [3.8, 4) is 11.5 Å². The third kappa shape index (κ3) is 7.00. The molecule has 0 aliphatic carbocycles. The third-order valence-corrected chi connectivity index (χ3v) is 4.67. The van der Waals surface area contributed by atoms with E-state index < -0.39 is 11.2 Å². The summed E-state index contributed by atoms with van der Waals surface area (Å²) in [6, 6.07) is 16.0. The molecule has 2 rings (SSSR count). The van der Waals surface area contributed by atoms with E-state index in [-0.39, 0.29) is 0 Å². The van der Waals surface area contributed by atoms with E-state index in [0.29, 0.717) is 13.0 Å². The van der Waals surface area contributed by atoms with Crippen molar-refractivity contribution < 1.29 is 19.4 Å². The fraction of sp³-hybridized carbons (Fsp3) is 0.381. The Kier molecular flexibility index (Phi) is 8.35. The molecule has 140 valence electrons. The number of rotatable bonds is 11. The molecule has 5 heteroatoms. The van der Waals surface area contributed by atoms with Crippen LogP contribution in [0.3, 0.4) is 0 Å². The molecule has 0 heterocycles. The minimum atomic E-state index is -0.835. The van der Waals surface area contributed by atoms with Crippen molar-refractivity contribution in [3.63, 3.8) is 0 Å². The molecule has 0 spiro atoms. The maximum absolute atomic E-state index is 10.7. The number of thiol groups is 1. The highest BCUT2D eigenvalue weighted by Crippen LogP contribution is 2.18. The first-order valence-electron chi connectivity index (χ1n) is 8.84. The predicted octanol–water partition coefficient (Wildman–Crippen LogP) is 4.76. The summed E-state index contributed by atoms with van der Waals surface area (Å²) in [4.78, 5) is 10.7. The predicted molar refractivity (Wildman–Crippen MR) is 106 cm³/mol. The quantitative estimate of drug-likeness (QED) is 0.440. The highest BCUT2D eigenvalue weighted by molar-refractivity contribution is 7.81. The van der Waals surface area contributed by atoms with Gasteiger partial charge in [-0.15, -0.1) is 0 Å². The summed E-state index contributed by atoms with van der Waals surface area (Å²) in [6.45, 7) is 0.505. The van der Waals surface area contributed by atoms with E-state index in [1.807, 2.05) is 36.4 Å². The Bertz CT molecular complexity index is 685. The standard InChI is InChI=1S/C21H26O4S/c1-24-19-8-5-7-17(14-19)15-25-18-12-10-16(11-13-18)6-3-2-4-9-20(26)21(22)23/h5,7-8,10-14,20,26H,2-4,6,9,15H2,1H3,(H,22,23). The zero-order valence-corrected chi connectivity index (χ0v) is 16.0. The van der Waals surface area contributed by atoms with Crippen molar-refractivity contribution in [1.29, 1.82) is 0 Å². The first-order valence-corrected chi connectivity index (χ1v) is 9.35. The number of aryl methyl sites for hydroxylation is 1. The number of unbranched alkanes of at least 4 members (excludes halogenated alkanes) is 2. The summed E-state index contributed by atoms with van der Waals surface area (Å²) in [5, 5.41) is 8.25. The van der Waals surface area contributed by atoms with Crippen LogP contribution in [0.2, 0.25) is 0 Å². The van der Waals surface area contributed by atoms with Crippen LogP contribution in [0.4, 0.5) is 0 Å². The van der Waals surface area contributed by atoms with Gasteiger partial charge < -0.3 is 14.6 Å². The number of benzene rings is 2. The van der Waals surface area contributed by atoms with E-state index in [2.05, 4.69) is 24.8 Å². The Balaban J connectivity index is 1.70. The molecule has 0 aliphatic heterocycles. The molecule has 0 saturated carbocycles. The Labute approximate surface area is 160 Å². The molecule has 1 N–H and O–H groups in total. The number of aliphatic carboxylic acids is 1. The zero-order chi connectivity index (χ0) is 18.8. The lowest BCUT2D eigenvalue weighted by atomic mass is 10.1. The number of ether oxygens (including phenoxy) is 2. The van der Waals surface area contributed by atoms with E-state index in [9.17, 15) is 4.79 Å². The lowest BCUT2D eigenvalue weighted by Crippen LogP contribution is -2.12. The third-order valence-electron chi connectivity index (χ3n) is 4.19. The van der Waals surface area contributed by atoms with Crippen LogP contribution in [0.25, 0.3) is 0 Å². The Morgan fingerprint density at radius 3 is 2.50 bits per heavy atom. The molecule has 1 unspecified atom stereocenters. The van der Waals surface area contributed by atoms with Crippen LogP contribution in [0.1, 0.15) is 36.8 Å². The summed E-state index contributed by atoms with van der Waals surface area (Å²) in [7, 11) is 1.65. The molecular formula is C21H26O4S. The van der Waals surface area contributed by atoms with Gasteiger partial charge in [0, 0.05) is 0 Å². The average molecular weight is 375 g/mol. The summed E-state index contributed by atoms with van der Waals surface area (Å²) < 4.78 is 11.0.